The van der Waals surface area contributed by atoms with Gasteiger partial charge in [-0.2, -0.15) is 0 Å². The van der Waals surface area contributed by atoms with Crippen molar-refractivity contribution in [3.05, 3.63) is 76.0 Å². The van der Waals surface area contributed by atoms with E-state index in [1.165, 1.54) is 5.56 Å². The van der Waals surface area contributed by atoms with Crippen LogP contribution in [0.1, 0.15) is 22.4 Å². The fourth-order valence-corrected chi connectivity index (χ4v) is 5.02. The molecule has 1 amide bonds. The first-order valence-corrected chi connectivity index (χ1v) is 12.6. The zero-order valence-electron chi connectivity index (χ0n) is 19.4. The van der Waals surface area contributed by atoms with E-state index in [-0.39, 0.29) is 5.91 Å². The van der Waals surface area contributed by atoms with Gasteiger partial charge in [-0.3, -0.25) is 4.79 Å². The number of hydrogen-bond donors (Lipinski definition) is 0. The third kappa shape index (κ3) is 5.18. The Morgan fingerprint density at radius 1 is 1.21 bits per heavy atom. The maximum atomic E-state index is 13.0. The van der Waals surface area contributed by atoms with Crippen LogP contribution in [0.25, 0.3) is 17.2 Å². The van der Waals surface area contributed by atoms with E-state index in [2.05, 4.69) is 31.2 Å². The minimum atomic E-state index is -0.0169. The van der Waals surface area contributed by atoms with Crippen LogP contribution in [0.15, 0.2) is 60.0 Å². The van der Waals surface area contributed by atoms with Crippen LogP contribution in [0, 0.1) is 12.8 Å². The lowest BCUT2D eigenvalue weighted by atomic mass is 9.97. The molecule has 2 aliphatic heterocycles. The molecule has 0 saturated carbocycles. The van der Waals surface area contributed by atoms with Crippen LogP contribution < -0.4 is 9.47 Å². The predicted molar refractivity (Wildman–Crippen MR) is 135 cm³/mol. The quantitative estimate of drug-likeness (QED) is 0.437. The van der Waals surface area contributed by atoms with Crippen LogP contribution in [0.2, 0.25) is 0 Å². The van der Waals surface area contributed by atoms with Crippen molar-refractivity contribution in [1.29, 1.82) is 0 Å². The average molecular weight is 476 g/mol. The Bertz CT molecular complexity index is 1170. The summed E-state index contributed by atoms with van der Waals surface area (Å²) in [6.45, 7) is 5.67. The van der Waals surface area contributed by atoms with Gasteiger partial charge in [0.15, 0.2) is 11.5 Å². The summed E-state index contributed by atoms with van der Waals surface area (Å²) in [6.07, 6.45) is 4.54. The summed E-state index contributed by atoms with van der Waals surface area (Å²) < 4.78 is 18.0. The molecule has 0 unspecified atom stereocenters. The highest BCUT2D eigenvalue weighted by atomic mass is 32.1. The van der Waals surface area contributed by atoms with Crippen LogP contribution >= 0.6 is 11.3 Å². The van der Waals surface area contributed by atoms with Crippen LogP contribution in [0.5, 0.6) is 11.5 Å². The van der Waals surface area contributed by atoms with Gasteiger partial charge < -0.3 is 19.1 Å². The van der Waals surface area contributed by atoms with Gasteiger partial charge in [0, 0.05) is 35.6 Å². The number of nitrogens with zero attached hydrogens (tertiary/aromatic N) is 1. The number of fused-ring (bicyclic) bond motifs is 1. The van der Waals surface area contributed by atoms with Gasteiger partial charge in [0.05, 0.1) is 19.8 Å². The predicted octanol–water partition coefficient (Wildman–Crippen LogP) is 5.57. The van der Waals surface area contributed by atoms with Gasteiger partial charge in [0.25, 0.3) is 0 Å². The van der Waals surface area contributed by atoms with Crippen molar-refractivity contribution < 1.29 is 19.0 Å². The van der Waals surface area contributed by atoms with Gasteiger partial charge in [0.1, 0.15) is 6.61 Å². The summed E-state index contributed by atoms with van der Waals surface area (Å²) in [6, 6.07) is 16.5. The molecular weight excluding hydrogens is 446 g/mol. The van der Waals surface area contributed by atoms with E-state index in [4.69, 9.17) is 14.2 Å². The number of amides is 1. The molecule has 0 bridgehead atoms. The Labute approximate surface area is 204 Å². The van der Waals surface area contributed by atoms with E-state index in [1.54, 1.807) is 17.4 Å². The molecule has 6 heteroatoms. The molecule has 1 saturated heterocycles. The van der Waals surface area contributed by atoms with E-state index >= 15 is 0 Å². The van der Waals surface area contributed by atoms with Gasteiger partial charge in [-0.25, -0.2) is 0 Å². The molecule has 5 nitrogen and oxygen atoms in total. The maximum absolute atomic E-state index is 13.0. The number of carbonyl (C=O) groups is 1. The highest BCUT2D eigenvalue weighted by Gasteiger charge is 2.24. The zero-order valence-corrected chi connectivity index (χ0v) is 20.2. The van der Waals surface area contributed by atoms with E-state index in [0.717, 1.165) is 52.7 Å². The lowest BCUT2D eigenvalue weighted by Gasteiger charge is -2.20. The summed E-state index contributed by atoms with van der Waals surface area (Å²) >= 11 is 1.62. The number of benzene rings is 2. The summed E-state index contributed by atoms with van der Waals surface area (Å²) in [5.41, 5.74) is 4.38. The van der Waals surface area contributed by atoms with Crippen molar-refractivity contribution in [3.63, 3.8) is 0 Å². The molecule has 2 aliphatic rings. The van der Waals surface area contributed by atoms with Crippen molar-refractivity contribution in [2.24, 2.45) is 5.92 Å². The van der Waals surface area contributed by atoms with Gasteiger partial charge in [0.2, 0.25) is 5.91 Å². The number of aryl methyl sites for hydroxylation is 1. The number of hydrogen-bond acceptors (Lipinski definition) is 5. The van der Waals surface area contributed by atoms with Crippen LogP contribution in [0.3, 0.4) is 0 Å². The second kappa shape index (κ2) is 10.5. The molecule has 1 aromatic heterocycles. The molecule has 3 aromatic rings. The first kappa shape index (κ1) is 22.7. The van der Waals surface area contributed by atoms with Crippen LogP contribution in [0.4, 0.5) is 0 Å². The smallest absolute Gasteiger partial charge is 0.247 e. The van der Waals surface area contributed by atoms with Crippen LogP contribution in [-0.4, -0.2) is 43.8 Å². The topological polar surface area (TPSA) is 48.0 Å². The van der Waals surface area contributed by atoms with E-state index in [1.807, 2.05) is 40.6 Å². The first-order valence-electron chi connectivity index (χ1n) is 11.7. The Hall–Kier alpha value is -3.09. The molecular formula is C28H29NO4S. The van der Waals surface area contributed by atoms with Crippen molar-refractivity contribution in [3.8, 4) is 22.6 Å². The molecule has 34 heavy (non-hydrogen) atoms. The Morgan fingerprint density at radius 2 is 2.12 bits per heavy atom. The van der Waals surface area contributed by atoms with Gasteiger partial charge in [-0.1, -0.05) is 30.3 Å². The lowest BCUT2D eigenvalue weighted by molar-refractivity contribution is -0.126. The average Bonchev–Trinajstić information content (AvgIpc) is 3.52. The zero-order chi connectivity index (χ0) is 23.3. The SMILES string of the molecule is Cc1ccccc1-c1cc2c(c(OC[C@H]3CCOC3)c1)OCCN(C(=O)/C=C/c1cccs1)C2. The largest absolute Gasteiger partial charge is 0.489 e. The van der Waals surface area contributed by atoms with E-state index in [0.29, 0.717) is 32.2 Å². The Morgan fingerprint density at radius 3 is 2.91 bits per heavy atom. The molecule has 0 spiro atoms. The highest BCUT2D eigenvalue weighted by molar-refractivity contribution is 7.10. The third-order valence-electron chi connectivity index (χ3n) is 6.30. The lowest BCUT2D eigenvalue weighted by Crippen LogP contribution is -2.30. The number of thiophene rings is 1. The highest BCUT2D eigenvalue weighted by Crippen LogP contribution is 2.39. The molecule has 0 aliphatic carbocycles. The van der Waals surface area contributed by atoms with E-state index < -0.39 is 0 Å². The fourth-order valence-electron chi connectivity index (χ4n) is 4.40. The van der Waals surface area contributed by atoms with Crippen molar-refractivity contribution in [1.82, 2.24) is 4.90 Å². The fraction of sp³-hybridized carbons (Fsp3) is 0.321. The normalized spacial score (nSPS) is 17.9. The van der Waals surface area contributed by atoms with Gasteiger partial charge in [-0.15, -0.1) is 11.3 Å². The number of rotatable bonds is 6. The molecule has 2 aromatic carbocycles. The summed E-state index contributed by atoms with van der Waals surface area (Å²) in [7, 11) is 0. The Balaban J connectivity index is 1.45. The second-order valence-electron chi connectivity index (χ2n) is 8.78. The van der Waals surface area contributed by atoms with Crippen LogP contribution in [-0.2, 0) is 16.1 Å². The molecule has 5 rings (SSSR count). The number of ether oxygens (including phenoxy) is 3. The second-order valence-corrected chi connectivity index (χ2v) is 9.75. The van der Waals surface area contributed by atoms with Gasteiger partial charge >= 0.3 is 0 Å². The van der Waals surface area contributed by atoms with E-state index in [9.17, 15) is 4.79 Å². The van der Waals surface area contributed by atoms with Crippen molar-refractivity contribution >= 4 is 23.3 Å². The first-order chi connectivity index (χ1) is 16.7. The summed E-state index contributed by atoms with van der Waals surface area (Å²) in [5, 5.41) is 2.01. The molecule has 0 radical (unpaired) electrons. The molecule has 176 valence electrons. The molecule has 1 fully saturated rings. The maximum Gasteiger partial charge on any atom is 0.247 e. The number of carbonyl (C=O) groups excluding carboxylic acids is 1. The Kier molecular flexibility index (Phi) is 6.97. The monoisotopic (exact) mass is 475 g/mol. The minimum Gasteiger partial charge on any atom is -0.489 e. The third-order valence-corrected chi connectivity index (χ3v) is 7.14. The minimum absolute atomic E-state index is 0.0169. The summed E-state index contributed by atoms with van der Waals surface area (Å²) in [5.74, 6) is 1.86. The van der Waals surface area contributed by atoms with Crippen molar-refractivity contribution in [2.75, 3.05) is 33.0 Å². The van der Waals surface area contributed by atoms with Crippen molar-refractivity contribution in [2.45, 2.75) is 19.9 Å². The standard InChI is InChI=1S/C28H29NO4S/c1-20-5-2-3-7-25(20)22-15-23-17-29(27(30)9-8-24-6-4-14-34-24)11-13-32-28(23)26(16-22)33-19-21-10-12-31-18-21/h2-9,14-16,21H,10-13,17-19H2,1H3/b9-8+/t21-/m0/s1. The molecule has 1 atom stereocenters. The van der Waals surface area contributed by atoms with Gasteiger partial charge in [-0.05, 0) is 59.7 Å². The molecule has 3 heterocycles. The molecule has 0 N–H and O–H groups in total. The summed E-state index contributed by atoms with van der Waals surface area (Å²) in [4.78, 5) is 15.9.